The number of Topliss-reactive ketones (excluding diaryl/α,β-unsaturated/α-hetero) is 2. The predicted octanol–water partition coefficient (Wildman–Crippen LogP) is 2.39. The number of aliphatic hydroxyl groups is 3. The summed E-state index contributed by atoms with van der Waals surface area (Å²) >= 11 is 0. The number of likely N-dealkylation sites (N-methyl/N-ethyl adjacent to an activating group) is 1. The quantitative estimate of drug-likeness (QED) is 0.120. The average Bonchev–Trinajstić information content (AvgIpc) is 3.53. The maximum absolute atomic E-state index is 14.4. The van der Waals surface area contributed by atoms with E-state index in [1.165, 1.54) is 11.0 Å². The first-order valence-corrected chi connectivity index (χ1v) is 18.0. The molecule has 18 heteroatoms. The number of hydrogen-bond donors (Lipinski definition) is 6. The lowest BCUT2D eigenvalue weighted by Gasteiger charge is -2.50. The molecule has 3 aliphatic rings. The van der Waals surface area contributed by atoms with Gasteiger partial charge in [0.2, 0.25) is 11.7 Å². The fraction of sp³-hybridized carbons (Fsp3) is 0.385. The van der Waals surface area contributed by atoms with Crippen molar-refractivity contribution < 1.29 is 58.0 Å². The highest BCUT2D eigenvalue weighted by Crippen LogP contribution is 2.54. The third kappa shape index (κ3) is 6.90. The molecule has 57 heavy (non-hydrogen) atoms. The third-order valence-corrected chi connectivity index (χ3v) is 10.5. The number of rotatable bonds is 11. The topological polar surface area (TPSA) is 267 Å². The van der Waals surface area contributed by atoms with Crippen LogP contribution in [0.25, 0.3) is 11.3 Å². The fourth-order valence-electron chi connectivity index (χ4n) is 8.09. The van der Waals surface area contributed by atoms with Gasteiger partial charge in [-0.3, -0.25) is 29.0 Å². The fourth-order valence-corrected chi connectivity index (χ4v) is 8.09. The summed E-state index contributed by atoms with van der Waals surface area (Å²) in [4.78, 5) is 83.1. The normalized spacial score (nSPS) is 21.5. The van der Waals surface area contributed by atoms with Gasteiger partial charge < -0.3 is 49.9 Å². The number of nitrogens with one attached hydrogen (secondary N) is 1. The molecular weight excluding hydrogens is 746 g/mol. The summed E-state index contributed by atoms with van der Waals surface area (Å²) in [6.07, 6.45) is -0.570. The third-order valence-electron chi connectivity index (χ3n) is 10.5. The number of amides is 3. The summed E-state index contributed by atoms with van der Waals surface area (Å²) in [5, 5.41) is 48.7. The molecule has 0 aliphatic heterocycles. The maximum Gasteiger partial charge on any atom is 0.519 e. The Labute approximate surface area is 325 Å². The molecule has 0 spiro atoms. The van der Waals surface area contributed by atoms with Gasteiger partial charge in [-0.2, -0.15) is 0 Å². The molecule has 0 bridgehead atoms. The lowest BCUT2D eigenvalue weighted by Crippen LogP contribution is -2.63. The number of ketones is 2. The second-order valence-electron chi connectivity index (χ2n) is 14.6. The van der Waals surface area contributed by atoms with Crippen LogP contribution in [0.3, 0.4) is 0 Å². The van der Waals surface area contributed by atoms with E-state index in [1.807, 2.05) is 0 Å². The Balaban J connectivity index is 1.28. The van der Waals surface area contributed by atoms with Crippen LogP contribution in [-0.2, 0) is 32.1 Å². The number of carbonyl (C=O) groups is 5. The minimum atomic E-state index is -2.82. The van der Waals surface area contributed by atoms with E-state index in [2.05, 4.69) is 5.32 Å². The van der Waals surface area contributed by atoms with Crippen LogP contribution in [0.5, 0.6) is 5.75 Å². The van der Waals surface area contributed by atoms with Gasteiger partial charge in [-0.15, -0.1) is 0 Å². The van der Waals surface area contributed by atoms with E-state index in [1.54, 1.807) is 70.3 Å². The van der Waals surface area contributed by atoms with Gasteiger partial charge in [-0.05, 0) is 50.9 Å². The van der Waals surface area contributed by atoms with E-state index in [9.17, 15) is 49.2 Å². The van der Waals surface area contributed by atoms with Gasteiger partial charge in [0.15, 0.2) is 35.3 Å². The van der Waals surface area contributed by atoms with Crippen LogP contribution in [0.4, 0.5) is 16.2 Å². The summed E-state index contributed by atoms with van der Waals surface area (Å²) in [6, 6.07) is 8.85. The molecule has 3 aromatic rings. The zero-order valence-corrected chi connectivity index (χ0v) is 31.8. The smallest absolute Gasteiger partial charge is 0.510 e. The molecule has 0 radical (unpaired) electrons. The van der Waals surface area contributed by atoms with E-state index in [-0.39, 0.29) is 47.7 Å². The van der Waals surface area contributed by atoms with Crippen molar-refractivity contribution in [2.45, 2.75) is 44.4 Å². The standard InChI is InChI=1S/C39H43N5O13/c1-6-12-44(37(52)55-17-24-33(57-38(53)56-24)18-10-8-7-9-11-18)16-25(45)41-22-15-23(42(2)3)20-13-19-14-21-29(43(4)5)32(48)28(36(40)51)35(50)39(21,54)34(49)26(19)31(47)27(20)30(22)46/h7-11,15,19,21,29,46,48-49,54H,6,12-14,16-17H2,1-5H3,(H2,40,51)(H,41,45)/t19?,21?,29-,39+/m1/s1. The molecule has 6 rings (SSSR count). The molecule has 18 nitrogen and oxygen atoms in total. The van der Waals surface area contributed by atoms with Gasteiger partial charge in [-0.25, -0.2) is 9.59 Å². The molecule has 7 N–H and O–H groups in total. The molecule has 0 fully saturated rings. The number of phenolic OH excluding ortho intramolecular Hbond substituents is 1. The highest BCUT2D eigenvalue weighted by molar-refractivity contribution is 6.25. The van der Waals surface area contributed by atoms with E-state index in [0.29, 0.717) is 23.2 Å². The highest BCUT2D eigenvalue weighted by atomic mass is 16.6. The molecule has 0 saturated heterocycles. The highest BCUT2D eigenvalue weighted by Gasteiger charge is 2.63. The minimum Gasteiger partial charge on any atom is -0.510 e. The van der Waals surface area contributed by atoms with Gasteiger partial charge >= 0.3 is 11.9 Å². The first-order valence-electron chi connectivity index (χ1n) is 18.0. The zero-order chi connectivity index (χ0) is 41.7. The number of primary amides is 1. The Hall–Kier alpha value is -6.40. The van der Waals surface area contributed by atoms with Crippen LogP contribution in [0, 0.1) is 11.8 Å². The van der Waals surface area contributed by atoms with Gasteiger partial charge in [0.05, 0.1) is 17.3 Å². The summed E-state index contributed by atoms with van der Waals surface area (Å²) in [5.74, 6) is -9.75. The van der Waals surface area contributed by atoms with Crippen molar-refractivity contribution in [2.75, 3.05) is 51.5 Å². The van der Waals surface area contributed by atoms with E-state index < -0.39 is 94.8 Å². The number of aromatic hydroxyl groups is 1. The summed E-state index contributed by atoms with van der Waals surface area (Å²) in [6.45, 7) is 0.789. The van der Waals surface area contributed by atoms with Crippen LogP contribution < -0.4 is 21.8 Å². The number of benzene rings is 2. The number of carbonyl (C=O) groups excluding carboxylic acids is 5. The molecule has 3 amide bonds. The number of anilines is 2. The SMILES string of the molecule is CCCN(CC(=O)Nc1cc(N(C)C)c2c(c1O)C(=O)C1=C(O)[C@]3(O)C(=O)C(C(N)=O)=C(O)[C@H](N(C)C)C3CC1C2)C(=O)OCc1oc(=O)oc1-c1ccccc1. The van der Waals surface area contributed by atoms with E-state index in [0.717, 1.165) is 4.90 Å². The predicted molar refractivity (Wildman–Crippen MR) is 201 cm³/mol. The van der Waals surface area contributed by atoms with Crippen LogP contribution in [-0.4, -0.2) is 113 Å². The second kappa shape index (κ2) is 15.3. The number of ether oxygens (including phenoxy) is 1. The van der Waals surface area contributed by atoms with Crippen molar-refractivity contribution >= 4 is 40.8 Å². The molecule has 0 saturated carbocycles. The summed E-state index contributed by atoms with van der Waals surface area (Å²) in [7, 11) is 6.43. The monoisotopic (exact) mass is 789 g/mol. The van der Waals surface area contributed by atoms with Crippen LogP contribution in [0.2, 0.25) is 0 Å². The van der Waals surface area contributed by atoms with Crippen molar-refractivity contribution in [3.63, 3.8) is 0 Å². The largest absolute Gasteiger partial charge is 0.519 e. The number of fused-ring (bicyclic) bond motifs is 3. The van der Waals surface area contributed by atoms with Crippen molar-refractivity contribution in [1.29, 1.82) is 0 Å². The zero-order valence-electron chi connectivity index (χ0n) is 31.8. The second-order valence-corrected chi connectivity index (χ2v) is 14.6. The molecule has 302 valence electrons. The summed E-state index contributed by atoms with van der Waals surface area (Å²) in [5.41, 5.74) is 2.07. The molecule has 2 unspecified atom stereocenters. The van der Waals surface area contributed by atoms with E-state index >= 15 is 0 Å². The van der Waals surface area contributed by atoms with Crippen LogP contribution >= 0.6 is 0 Å². The minimum absolute atomic E-state index is 0.0305. The Bertz CT molecular complexity index is 2290. The molecule has 1 heterocycles. The molecule has 3 aliphatic carbocycles. The number of nitrogens with zero attached hydrogens (tertiary/aromatic N) is 3. The van der Waals surface area contributed by atoms with Gasteiger partial charge in [0.25, 0.3) is 5.91 Å². The Morgan fingerprint density at radius 3 is 2.33 bits per heavy atom. The van der Waals surface area contributed by atoms with Crippen molar-refractivity contribution in [1.82, 2.24) is 9.80 Å². The number of nitrogens with two attached hydrogens (primary N) is 1. The molecule has 2 aromatic carbocycles. The number of hydrogen-bond acceptors (Lipinski definition) is 15. The van der Waals surface area contributed by atoms with Crippen LogP contribution in [0.15, 0.2) is 72.7 Å². The molecule has 1 aromatic heterocycles. The van der Waals surface area contributed by atoms with Crippen molar-refractivity contribution in [2.24, 2.45) is 17.6 Å². The molecular formula is C39H43N5O13. The van der Waals surface area contributed by atoms with Crippen LogP contribution in [0.1, 0.15) is 41.4 Å². The van der Waals surface area contributed by atoms with Crippen molar-refractivity contribution in [3.05, 3.63) is 86.6 Å². The van der Waals surface area contributed by atoms with Gasteiger partial charge in [0, 0.05) is 43.4 Å². The molecule has 4 atom stereocenters. The Kier molecular flexibility index (Phi) is 10.8. The lowest BCUT2D eigenvalue weighted by molar-refractivity contribution is -0.148. The Morgan fingerprint density at radius 1 is 1.04 bits per heavy atom. The maximum atomic E-state index is 14.4. The van der Waals surface area contributed by atoms with E-state index in [4.69, 9.17) is 19.3 Å². The lowest BCUT2D eigenvalue weighted by atomic mass is 9.58. The number of allylic oxidation sites excluding steroid dienone is 1. The summed E-state index contributed by atoms with van der Waals surface area (Å²) < 4.78 is 15.6. The van der Waals surface area contributed by atoms with Gasteiger partial charge in [0.1, 0.15) is 23.6 Å². The first kappa shape index (κ1) is 40.3. The first-order chi connectivity index (χ1) is 26.9. The number of aliphatic hydroxyl groups excluding tert-OH is 2. The average molecular weight is 790 g/mol. The number of phenols is 1. The van der Waals surface area contributed by atoms with Crippen molar-refractivity contribution in [3.8, 4) is 17.1 Å². The van der Waals surface area contributed by atoms with Gasteiger partial charge in [-0.1, -0.05) is 37.3 Å². The Morgan fingerprint density at radius 2 is 1.72 bits per heavy atom.